The van der Waals surface area contributed by atoms with Crippen LogP contribution in [0.15, 0.2) is 30.5 Å². The Kier molecular flexibility index (Phi) is 4.08. The molecule has 1 atom stereocenters. The summed E-state index contributed by atoms with van der Waals surface area (Å²) < 4.78 is 0. The lowest BCUT2D eigenvalue weighted by Crippen LogP contribution is -2.40. The van der Waals surface area contributed by atoms with Crippen LogP contribution in [0.1, 0.15) is 30.6 Å². The number of hydrogen-bond donors (Lipinski definition) is 3. The van der Waals surface area contributed by atoms with E-state index in [0.717, 1.165) is 10.9 Å². The van der Waals surface area contributed by atoms with Crippen molar-refractivity contribution in [1.29, 1.82) is 0 Å². The van der Waals surface area contributed by atoms with E-state index in [4.69, 9.17) is 5.11 Å². The number of para-hydroxylation sites is 1. The molecule has 1 heterocycles. The summed E-state index contributed by atoms with van der Waals surface area (Å²) in [4.78, 5) is 26.2. The van der Waals surface area contributed by atoms with Gasteiger partial charge in [0.15, 0.2) is 0 Å². The topological polar surface area (TPSA) is 82.2 Å². The van der Waals surface area contributed by atoms with Crippen molar-refractivity contribution in [3.8, 4) is 0 Å². The van der Waals surface area contributed by atoms with E-state index in [1.54, 1.807) is 6.20 Å². The van der Waals surface area contributed by atoms with E-state index in [-0.39, 0.29) is 24.3 Å². The molecule has 0 saturated carbocycles. The third-order valence-corrected chi connectivity index (χ3v) is 3.35. The number of hydrogen-bond acceptors (Lipinski definition) is 2. The summed E-state index contributed by atoms with van der Waals surface area (Å²) in [5, 5.41) is 12.5. The third-order valence-electron chi connectivity index (χ3n) is 3.35. The molecule has 106 valence electrons. The number of carboxylic acids is 1. The first-order valence-electron chi connectivity index (χ1n) is 6.58. The maximum Gasteiger partial charge on any atom is 0.305 e. The van der Waals surface area contributed by atoms with Crippen molar-refractivity contribution < 1.29 is 14.7 Å². The van der Waals surface area contributed by atoms with Gasteiger partial charge in [0.25, 0.3) is 5.91 Å². The molecule has 0 fully saturated rings. The Balaban J connectivity index is 2.20. The van der Waals surface area contributed by atoms with Crippen molar-refractivity contribution in [3.63, 3.8) is 0 Å². The molecule has 0 aliphatic carbocycles. The maximum absolute atomic E-state index is 12.3. The molecule has 0 spiro atoms. The highest BCUT2D eigenvalue weighted by Crippen LogP contribution is 2.18. The lowest BCUT2D eigenvalue weighted by atomic mass is 10.0. The minimum absolute atomic E-state index is 0.0558. The number of benzene rings is 1. The number of aliphatic carboxylic acids is 1. The van der Waals surface area contributed by atoms with Crippen LogP contribution in [0.5, 0.6) is 0 Å². The summed E-state index contributed by atoms with van der Waals surface area (Å²) >= 11 is 0. The van der Waals surface area contributed by atoms with Gasteiger partial charge >= 0.3 is 5.97 Å². The molecule has 5 heteroatoms. The first-order chi connectivity index (χ1) is 9.49. The Morgan fingerprint density at radius 3 is 2.65 bits per heavy atom. The molecule has 1 aromatic heterocycles. The van der Waals surface area contributed by atoms with Gasteiger partial charge in [-0.1, -0.05) is 32.0 Å². The zero-order chi connectivity index (χ0) is 14.7. The van der Waals surface area contributed by atoms with E-state index in [1.165, 1.54) is 0 Å². The van der Waals surface area contributed by atoms with Gasteiger partial charge in [0.2, 0.25) is 0 Å². The molecule has 1 unspecified atom stereocenters. The Labute approximate surface area is 117 Å². The predicted octanol–water partition coefficient (Wildman–Crippen LogP) is 2.40. The number of rotatable bonds is 5. The fourth-order valence-electron chi connectivity index (χ4n) is 2.15. The van der Waals surface area contributed by atoms with Crippen molar-refractivity contribution >= 4 is 22.8 Å². The quantitative estimate of drug-likeness (QED) is 0.783. The van der Waals surface area contributed by atoms with Crippen molar-refractivity contribution in [2.75, 3.05) is 0 Å². The van der Waals surface area contributed by atoms with Crippen molar-refractivity contribution in [3.05, 3.63) is 36.0 Å². The number of aromatic amines is 1. The molecule has 0 aliphatic rings. The van der Waals surface area contributed by atoms with Crippen molar-refractivity contribution in [2.45, 2.75) is 26.3 Å². The molecular formula is C15H18N2O3. The second kappa shape index (κ2) is 5.77. The van der Waals surface area contributed by atoms with Crippen LogP contribution in [-0.4, -0.2) is 28.0 Å². The molecule has 20 heavy (non-hydrogen) atoms. The summed E-state index contributed by atoms with van der Waals surface area (Å²) in [6, 6.07) is 7.13. The lowest BCUT2D eigenvalue weighted by Gasteiger charge is -2.20. The van der Waals surface area contributed by atoms with Crippen LogP contribution in [0.25, 0.3) is 10.9 Å². The monoisotopic (exact) mass is 274 g/mol. The maximum atomic E-state index is 12.3. The van der Waals surface area contributed by atoms with E-state index >= 15 is 0 Å². The van der Waals surface area contributed by atoms with Crippen LogP contribution >= 0.6 is 0 Å². The van der Waals surface area contributed by atoms with Crippen molar-refractivity contribution in [2.24, 2.45) is 5.92 Å². The van der Waals surface area contributed by atoms with Gasteiger partial charge in [-0.2, -0.15) is 0 Å². The molecule has 1 aromatic carbocycles. The predicted molar refractivity (Wildman–Crippen MR) is 76.6 cm³/mol. The summed E-state index contributed by atoms with van der Waals surface area (Å²) in [5.74, 6) is -1.11. The van der Waals surface area contributed by atoms with Crippen molar-refractivity contribution in [1.82, 2.24) is 10.3 Å². The Morgan fingerprint density at radius 1 is 1.30 bits per heavy atom. The molecule has 0 saturated heterocycles. The number of fused-ring (bicyclic) bond motifs is 1. The smallest absolute Gasteiger partial charge is 0.305 e. The Hall–Kier alpha value is -2.30. The summed E-state index contributed by atoms with van der Waals surface area (Å²) in [6.45, 7) is 3.78. The van der Waals surface area contributed by atoms with E-state index in [2.05, 4.69) is 10.3 Å². The van der Waals surface area contributed by atoms with Gasteiger partial charge < -0.3 is 15.4 Å². The zero-order valence-corrected chi connectivity index (χ0v) is 11.5. The normalized spacial score (nSPS) is 12.6. The summed E-state index contributed by atoms with van der Waals surface area (Å²) in [7, 11) is 0. The van der Waals surface area contributed by atoms with Gasteiger partial charge in [0.05, 0.1) is 12.0 Å². The molecule has 0 bridgehead atoms. The molecular weight excluding hydrogens is 256 g/mol. The first kappa shape index (κ1) is 14.1. The zero-order valence-electron chi connectivity index (χ0n) is 11.5. The van der Waals surface area contributed by atoms with Crippen LogP contribution in [0.4, 0.5) is 0 Å². The standard InChI is InChI=1S/C15H18N2O3/c1-9(2)13(7-14(18)19)17-15(20)11-8-16-12-6-4-3-5-10(11)12/h3-6,8-9,13,16H,7H2,1-2H3,(H,17,20)(H,18,19). The Morgan fingerprint density at radius 2 is 2.00 bits per heavy atom. The van der Waals surface area contributed by atoms with Gasteiger partial charge in [-0.15, -0.1) is 0 Å². The number of carbonyl (C=O) groups is 2. The summed E-state index contributed by atoms with van der Waals surface area (Å²) in [5.41, 5.74) is 1.42. The van der Waals surface area contributed by atoms with Gasteiger partial charge in [0, 0.05) is 23.1 Å². The van der Waals surface area contributed by atoms with Crippen LogP contribution in [0, 0.1) is 5.92 Å². The van der Waals surface area contributed by atoms with Gasteiger partial charge in [0.1, 0.15) is 0 Å². The highest BCUT2D eigenvalue weighted by Gasteiger charge is 2.21. The van der Waals surface area contributed by atoms with Gasteiger partial charge in [-0.25, -0.2) is 0 Å². The second-order valence-corrected chi connectivity index (χ2v) is 5.17. The lowest BCUT2D eigenvalue weighted by molar-refractivity contribution is -0.137. The number of carbonyl (C=O) groups excluding carboxylic acids is 1. The van der Waals surface area contributed by atoms with Gasteiger partial charge in [-0.05, 0) is 12.0 Å². The molecule has 0 aliphatic heterocycles. The van der Waals surface area contributed by atoms with E-state index < -0.39 is 5.97 Å². The Bertz CT molecular complexity index is 631. The second-order valence-electron chi connectivity index (χ2n) is 5.17. The van der Waals surface area contributed by atoms with E-state index in [0.29, 0.717) is 5.56 Å². The average Bonchev–Trinajstić information content (AvgIpc) is 2.81. The van der Waals surface area contributed by atoms with Crippen LogP contribution in [0.3, 0.4) is 0 Å². The van der Waals surface area contributed by atoms with Crippen LogP contribution in [-0.2, 0) is 4.79 Å². The minimum Gasteiger partial charge on any atom is -0.481 e. The average molecular weight is 274 g/mol. The van der Waals surface area contributed by atoms with E-state index in [9.17, 15) is 9.59 Å². The highest BCUT2D eigenvalue weighted by molar-refractivity contribution is 6.06. The number of carboxylic acid groups (broad SMARTS) is 1. The third kappa shape index (κ3) is 2.99. The molecule has 0 radical (unpaired) electrons. The SMILES string of the molecule is CC(C)C(CC(=O)O)NC(=O)c1c[nH]c2ccccc12. The molecule has 5 nitrogen and oxygen atoms in total. The molecule has 3 N–H and O–H groups in total. The first-order valence-corrected chi connectivity index (χ1v) is 6.58. The minimum atomic E-state index is -0.914. The molecule has 2 rings (SSSR count). The largest absolute Gasteiger partial charge is 0.481 e. The fourth-order valence-corrected chi connectivity index (χ4v) is 2.15. The molecule has 2 aromatic rings. The fraction of sp³-hybridized carbons (Fsp3) is 0.333. The number of H-pyrrole nitrogens is 1. The number of nitrogens with one attached hydrogen (secondary N) is 2. The van der Waals surface area contributed by atoms with Crippen LogP contribution in [0.2, 0.25) is 0 Å². The van der Waals surface area contributed by atoms with Crippen LogP contribution < -0.4 is 5.32 Å². The number of aromatic nitrogens is 1. The van der Waals surface area contributed by atoms with Gasteiger partial charge in [-0.3, -0.25) is 9.59 Å². The highest BCUT2D eigenvalue weighted by atomic mass is 16.4. The molecule has 1 amide bonds. The van der Waals surface area contributed by atoms with E-state index in [1.807, 2.05) is 38.1 Å². The summed E-state index contributed by atoms with van der Waals surface area (Å²) in [6.07, 6.45) is 1.57. The number of amides is 1.